The van der Waals surface area contributed by atoms with Gasteiger partial charge < -0.3 is 10.2 Å². The molecule has 0 unspecified atom stereocenters. The monoisotopic (exact) mass is 284 g/mol. The van der Waals surface area contributed by atoms with Crippen molar-refractivity contribution in [1.82, 2.24) is 0 Å². The number of hydrogen-bond acceptors (Lipinski definition) is 2. The third kappa shape index (κ3) is 4.08. The number of hydrogen-bond donors (Lipinski definition) is 2. The van der Waals surface area contributed by atoms with Crippen LogP contribution in [0.3, 0.4) is 0 Å². The van der Waals surface area contributed by atoms with Crippen LogP contribution < -0.4 is 0 Å². The van der Waals surface area contributed by atoms with E-state index in [-0.39, 0.29) is 0 Å². The Hall–Kier alpha value is -0.640. The van der Waals surface area contributed by atoms with Gasteiger partial charge in [0.1, 0.15) is 0 Å². The predicted octanol–water partition coefficient (Wildman–Crippen LogP) is 3.20. The minimum Gasteiger partial charge on any atom is -0.390 e. The first-order valence-electron chi connectivity index (χ1n) is 5.21. The zero-order chi connectivity index (χ0) is 12.2. The standard InChI is InChI=1S/C13H17BrO2/c1-3-8-13(2,16)9-12(15)10-4-6-11(14)7-5-10/h3-7,12,15-16H,1,8-9H2,2H3/t12-,13-/m1/s1. The number of rotatable bonds is 5. The maximum atomic E-state index is 9.96. The Kier molecular flexibility index (Phi) is 4.71. The van der Waals surface area contributed by atoms with Gasteiger partial charge in [0, 0.05) is 10.9 Å². The molecule has 0 saturated heterocycles. The van der Waals surface area contributed by atoms with E-state index in [4.69, 9.17) is 0 Å². The molecule has 0 amide bonds. The molecule has 2 atom stereocenters. The minimum absolute atomic E-state index is 0.306. The SMILES string of the molecule is C=CC[C@@](C)(O)C[C@@H](O)c1ccc(Br)cc1. The molecule has 1 rings (SSSR count). The van der Waals surface area contributed by atoms with Crippen LogP contribution in [0.15, 0.2) is 41.4 Å². The van der Waals surface area contributed by atoms with Crippen LogP contribution in [0.25, 0.3) is 0 Å². The second-order valence-electron chi connectivity index (χ2n) is 4.26. The number of benzene rings is 1. The van der Waals surface area contributed by atoms with Gasteiger partial charge in [-0.2, -0.15) is 0 Å². The summed E-state index contributed by atoms with van der Waals surface area (Å²) in [7, 11) is 0. The molecule has 0 aromatic heterocycles. The van der Waals surface area contributed by atoms with Crippen molar-refractivity contribution >= 4 is 15.9 Å². The van der Waals surface area contributed by atoms with E-state index < -0.39 is 11.7 Å². The maximum absolute atomic E-state index is 9.96. The summed E-state index contributed by atoms with van der Waals surface area (Å²) >= 11 is 3.34. The van der Waals surface area contributed by atoms with Crippen LogP contribution in [-0.2, 0) is 0 Å². The Labute approximate surface area is 105 Å². The maximum Gasteiger partial charge on any atom is 0.0817 e. The third-order valence-electron chi connectivity index (χ3n) is 2.47. The van der Waals surface area contributed by atoms with Gasteiger partial charge in [-0.25, -0.2) is 0 Å². The summed E-state index contributed by atoms with van der Waals surface area (Å²) in [5.74, 6) is 0. The lowest BCUT2D eigenvalue weighted by Crippen LogP contribution is -2.26. The van der Waals surface area contributed by atoms with Gasteiger partial charge in [-0.3, -0.25) is 0 Å². The van der Waals surface area contributed by atoms with Crippen LogP contribution in [0.5, 0.6) is 0 Å². The van der Waals surface area contributed by atoms with Gasteiger partial charge in [-0.15, -0.1) is 6.58 Å². The molecule has 16 heavy (non-hydrogen) atoms. The Bertz CT molecular complexity index is 343. The van der Waals surface area contributed by atoms with Crippen molar-refractivity contribution in [1.29, 1.82) is 0 Å². The molecule has 1 aromatic rings. The van der Waals surface area contributed by atoms with Gasteiger partial charge >= 0.3 is 0 Å². The van der Waals surface area contributed by atoms with Crippen molar-refractivity contribution in [2.24, 2.45) is 0 Å². The van der Waals surface area contributed by atoms with E-state index in [2.05, 4.69) is 22.5 Å². The zero-order valence-electron chi connectivity index (χ0n) is 9.36. The van der Waals surface area contributed by atoms with Gasteiger partial charge in [0.15, 0.2) is 0 Å². The first-order valence-corrected chi connectivity index (χ1v) is 6.01. The van der Waals surface area contributed by atoms with Crippen LogP contribution in [0.1, 0.15) is 31.4 Å². The van der Waals surface area contributed by atoms with Gasteiger partial charge in [-0.05, 0) is 31.0 Å². The molecule has 0 aliphatic rings. The van der Waals surface area contributed by atoms with Crippen molar-refractivity contribution < 1.29 is 10.2 Å². The normalized spacial score (nSPS) is 16.5. The second kappa shape index (κ2) is 5.62. The van der Waals surface area contributed by atoms with Crippen molar-refractivity contribution in [3.8, 4) is 0 Å². The Morgan fingerprint density at radius 3 is 2.50 bits per heavy atom. The first-order chi connectivity index (χ1) is 7.44. The largest absolute Gasteiger partial charge is 0.390 e. The smallest absolute Gasteiger partial charge is 0.0817 e. The zero-order valence-corrected chi connectivity index (χ0v) is 10.9. The van der Waals surface area contributed by atoms with Crippen LogP contribution >= 0.6 is 15.9 Å². The molecule has 0 spiro atoms. The lowest BCUT2D eigenvalue weighted by atomic mass is 9.92. The molecule has 0 aliphatic carbocycles. The molecule has 2 N–H and O–H groups in total. The van der Waals surface area contributed by atoms with Crippen LogP contribution in [-0.4, -0.2) is 15.8 Å². The van der Waals surface area contributed by atoms with Crippen LogP contribution in [0, 0.1) is 0 Å². The van der Waals surface area contributed by atoms with Gasteiger partial charge in [0.2, 0.25) is 0 Å². The van der Waals surface area contributed by atoms with Crippen LogP contribution in [0.2, 0.25) is 0 Å². The average molecular weight is 285 g/mol. The molecule has 88 valence electrons. The summed E-state index contributed by atoms with van der Waals surface area (Å²) < 4.78 is 0.973. The van der Waals surface area contributed by atoms with Crippen LogP contribution in [0.4, 0.5) is 0 Å². The second-order valence-corrected chi connectivity index (χ2v) is 5.18. The Morgan fingerprint density at radius 2 is 2.00 bits per heavy atom. The first kappa shape index (κ1) is 13.4. The molecule has 1 aromatic carbocycles. The lowest BCUT2D eigenvalue weighted by molar-refractivity contribution is 0.00553. The highest BCUT2D eigenvalue weighted by molar-refractivity contribution is 9.10. The average Bonchev–Trinajstić information content (AvgIpc) is 2.17. The summed E-state index contributed by atoms with van der Waals surface area (Å²) in [5, 5.41) is 19.9. The highest BCUT2D eigenvalue weighted by atomic mass is 79.9. The summed E-state index contributed by atoms with van der Waals surface area (Å²) in [6.07, 6.45) is 1.79. The quantitative estimate of drug-likeness (QED) is 0.816. The van der Waals surface area contributed by atoms with E-state index in [0.717, 1.165) is 10.0 Å². The van der Waals surface area contributed by atoms with Gasteiger partial charge in [0.25, 0.3) is 0 Å². The van der Waals surface area contributed by atoms with E-state index >= 15 is 0 Å². The molecule has 0 radical (unpaired) electrons. The highest BCUT2D eigenvalue weighted by Gasteiger charge is 2.23. The molecular formula is C13H17BrO2. The van der Waals surface area contributed by atoms with E-state index in [9.17, 15) is 10.2 Å². The Morgan fingerprint density at radius 1 is 1.44 bits per heavy atom. The molecular weight excluding hydrogens is 268 g/mol. The Balaban J connectivity index is 2.68. The molecule has 0 saturated carbocycles. The topological polar surface area (TPSA) is 40.5 Å². The molecule has 0 bridgehead atoms. The lowest BCUT2D eigenvalue weighted by Gasteiger charge is -2.24. The molecule has 0 fully saturated rings. The number of halogens is 1. The van der Waals surface area contributed by atoms with E-state index in [0.29, 0.717) is 12.8 Å². The van der Waals surface area contributed by atoms with E-state index in [1.165, 1.54) is 0 Å². The fourth-order valence-electron chi connectivity index (χ4n) is 1.61. The predicted molar refractivity (Wildman–Crippen MR) is 69.2 cm³/mol. The summed E-state index contributed by atoms with van der Waals surface area (Å²) in [4.78, 5) is 0. The molecule has 3 heteroatoms. The van der Waals surface area contributed by atoms with Crippen molar-refractivity contribution in [3.63, 3.8) is 0 Å². The van der Waals surface area contributed by atoms with Crippen molar-refractivity contribution in [3.05, 3.63) is 47.0 Å². The summed E-state index contributed by atoms with van der Waals surface area (Å²) in [5.41, 5.74) is -0.0960. The minimum atomic E-state index is -0.908. The molecule has 0 heterocycles. The highest BCUT2D eigenvalue weighted by Crippen LogP contribution is 2.27. The van der Waals surface area contributed by atoms with Crippen molar-refractivity contribution in [2.75, 3.05) is 0 Å². The van der Waals surface area contributed by atoms with Gasteiger partial charge in [0.05, 0.1) is 11.7 Å². The van der Waals surface area contributed by atoms with Crippen molar-refractivity contribution in [2.45, 2.75) is 31.5 Å². The summed E-state index contributed by atoms with van der Waals surface area (Å²) in [6, 6.07) is 7.44. The number of aliphatic hydroxyl groups excluding tert-OH is 1. The van der Waals surface area contributed by atoms with E-state index in [1.54, 1.807) is 13.0 Å². The van der Waals surface area contributed by atoms with E-state index in [1.807, 2.05) is 24.3 Å². The fourth-order valence-corrected chi connectivity index (χ4v) is 1.88. The summed E-state index contributed by atoms with van der Waals surface area (Å²) in [6.45, 7) is 5.29. The molecule has 2 nitrogen and oxygen atoms in total. The third-order valence-corrected chi connectivity index (χ3v) is 3.00. The van der Waals surface area contributed by atoms with Gasteiger partial charge in [-0.1, -0.05) is 34.1 Å². The number of aliphatic hydroxyl groups is 2. The molecule has 0 aliphatic heterocycles. The fraction of sp³-hybridized carbons (Fsp3) is 0.385.